The average Bonchev–Trinajstić information content (AvgIpc) is 3.13. The third-order valence-electron chi connectivity index (χ3n) is 4.69. The van der Waals surface area contributed by atoms with Gasteiger partial charge in [0.1, 0.15) is 5.69 Å². The molecule has 2 atom stereocenters. The summed E-state index contributed by atoms with van der Waals surface area (Å²) in [6.07, 6.45) is -3.29. The number of carbonyl (C=O) groups is 2. The van der Waals surface area contributed by atoms with Crippen LogP contribution in [0.1, 0.15) is 16.1 Å². The standard InChI is InChI=1S/C19H18F3N3O3/c20-19(21,22)15-11-25(10-14(15)18(27)28)13-6-7-23-16(8-13)17(26)24-9-12-4-2-1-3-5-12/h1-8,14-15H,9-11H2,(H,24,26)(H,27,28)/t14-,15-/m1/s1. The fraction of sp³-hybridized carbons (Fsp3) is 0.316. The third-order valence-corrected chi connectivity index (χ3v) is 4.69. The van der Waals surface area contributed by atoms with Crippen LogP contribution in [0.2, 0.25) is 0 Å². The number of hydrogen-bond donors (Lipinski definition) is 2. The molecule has 28 heavy (non-hydrogen) atoms. The molecule has 1 amide bonds. The monoisotopic (exact) mass is 393 g/mol. The molecular formula is C19H18F3N3O3. The maximum Gasteiger partial charge on any atom is 0.394 e. The number of carboxylic acid groups (broad SMARTS) is 1. The van der Waals surface area contributed by atoms with Gasteiger partial charge in [-0.25, -0.2) is 0 Å². The van der Waals surface area contributed by atoms with E-state index in [1.807, 2.05) is 30.3 Å². The average molecular weight is 393 g/mol. The Labute approximate surface area is 159 Å². The molecule has 1 aliphatic heterocycles. The summed E-state index contributed by atoms with van der Waals surface area (Å²) in [7, 11) is 0. The van der Waals surface area contributed by atoms with Gasteiger partial charge in [-0.3, -0.25) is 14.6 Å². The quantitative estimate of drug-likeness (QED) is 0.816. The highest BCUT2D eigenvalue weighted by Gasteiger charge is 2.52. The Morgan fingerprint density at radius 2 is 1.89 bits per heavy atom. The van der Waals surface area contributed by atoms with Crippen LogP contribution in [0.25, 0.3) is 0 Å². The second-order valence-corrected chi connectivity index (χ2v) is 6.57. The van der Waals surface area contributed by atoms with E-state index in [2.05, 4.69) is 10.3 Å². The van der Waals surface area contributed by atoms with Gasteiger partial charge in [-0.1, -0.05) is 30.3 Å². The van der Waals surface area contributed by atoms with Gasteiger partial charge in [-0.2, -0.15) is 13.2 Å². The summed E-state index contributed by atoms with van der Waals surface area (Å²) in [5.74, 6) is -5.47. The Bertz CT molecular complexity index is 858. The molecule has 0 unspecified atom stereocenters. The van der Waals surface area contributed by atoms with Gasteiger partial charge in [0.15, 0.2) is 0 Å². The van der Waals surface area contributed by atoms with Crippen LogP contribution in [0.3, 0.4) is 0 Å². The minimum absolute atomic E-state index is 0.0516. The highest BCUT2D eigenvalue weighted by atomic mass is 19.4. The molecule has 1 saturated heterocycles. The zero-order valence-electron chi connectivity index (χ0n) is 14.7. The number of alkyl halides is 3. The van der Waals surface area contributed by atoms with Gasteiger partial charge in [-0.15, -0.1) is 0 Å². The van der Waals surface area contributed by atoms with Gasteiger partial charge in [-0.05, 0) is 17.7 Å². The number of aromatic nitrogens is 1. The molecule has 6 nitrogen and oxygen atoms in total. The molecule has 0 radical (unpaired) electrons. The van der Waals surface area contributed by atoms with Crippen molar-refractivity contribution < 1.29 is 27.9 Å². The summed E-state index contributed by atoms with van der Waals surface area (Å²) in [4.78, 5) is 28.8. The van der Waals surface area contributed by atoms with Gasteiger partial charge in [0, 0.05) is 31.5 Å². The number of anilines is 1. The zero-order chi connectivity index (χ0) is 20.3. The molecule has 0 saturated carbocycles. The molecule has 0 spiro atoms. The van der Waals surface area contributed by atoms with Gasteiger partial charge in [0.25, 0.3) is 5.91 Å². The van der Waals surface area contributed by atoms with Crippen molar-refractivity contribution in [3.63, 3.8) is 0 Å². The lowest BCUT2D eigenvalue weighted by molar-refractivity contribution is -0.187. The molecule has 148 valence electrons. The fourth-order valence-corrected chi connectivity index (χ4v) is 3.21. The van der Waals surface area contributed by atoms with E-state index in [9.17, 15) is 22.8 Å². The number of nitrogens with zero attached hydrogens (tertiary/aromatic N) is 2. The van der Waals surface area contributed by atoms with Gasteiger partial charge in [0.05, 0.1) is 11.8 Å². The van der Waals surface area contributed by atoms with Crippen molar-refractivity contribution in [3.05, 3.63) is 59.9 Å². The number of amides is 1. The number of nitrogens with one attached hydrogen (secondary N) is 1. The Kier molecular flexibility index (Phi) is 5.53. The topological polar surface area (TPSA) is 82.5 Å². The lowest BCUT2D eigenvalue weighted by Crippen LogP contribution is -2.33. The van der Waals surface area contributed by atoms with E-state index in [0.29, 0.717) is 5.69 Å². The van der Waals surface area contributed by atoms with E-state index in [0.717, 1.165) is 5.56 Å². The predicted molar refractivity (Wildman–Crippen MR) is 94.7 cm³/mol. The molecule has 3 rings (SSSR count). The summed E-state index contributed by atoms with van der Waals surface area (Å²) in [5, 5.41) is 11.8. The third kappa shape index (κ3) is 4.41. The van der Waals surface area contributed by atoms with E-state index >= 15 is 0 Å². The van der Waals surface area contributed by atoms with E-state index in [-0.39, 0.29) is 18.8 Å². The smallest absolute Gasteiger partial charge is 0.394 e. The van der Waals surface area contributed by atoms with Crippen molar-refractivity contribution in [2.24, 2.45) is 11.8 Å². The highest BCUT2D eigenvalue weighted by Crippen LogP contribution is 2.39. The van der Waals surface area contributed by atoms with Crippen molar-refractivity contribution in [1.29, 1.82) is 0 Å². The zero-order valence-corrected chi connectivity index (χ0v) is 14.7. The molecular weight excluding hydrogens is 375 g/mol. The molecule has 0 bridgehead atoms. The first kappa shape index (κ1) is 19.7. The molecule has 2 N–H and O–H groups in total. The number of rotatable bonds is 5. The molecule has 9 heteroatoms. The van der Waals surface area contributed by atoms with Crippen LogP contribution in [0, 0.1) is 11.8 Å². The maximum absolute atomic E-state index is 13.2. The second-order valence-electron chi connectivity index (χ2n) is 6.57. The van der Waals surface area contributed by atoms with Gasteiger partial charge >= 0.3 is 12.1 Å². The second kappa shape index (κ2) is 7.87. The van der Waals surface area contributed by atoms with E-state index in [1.165, 1.54) is 23.2 Å². The molecule has 1 aromatic carbocycles. The number of aliphatic carboxylic acids is 1. The molecule has 2 aromatic rings. The largest absolute Gasteiger partial charge is 0.481 e. The maximum atomic E-state index is 13.2. The first-order valence-electron chi connectivity index (χ1n) is 8.58. The molecule has 1 aliphatic rings. The summed E-state index contributed by atoms with van der Waals surface area (Å²) < 4.78 is 39.5. The van der Waals surface area contributed by atoms with Crippen LogP contribution in [-0.2, 0) is 11.3 Å². The highest BCUT2D eigenvalue weighted by molar-refractivity contribution is 5.93. The van der Waals surface area contributed by atoms with E-state index < -0.39 is 36.4 Å². The molecule has 2 heterocycles. The molecule has 1 fully saturated rings. The minimum atomic E-state index is -4.61. The number of carbonyl (C=O) groups excluding carboxylic acids is 1. The predicted octanol–water partition coefficient (Wildman–Crippen LogP) is 2.71. The van der Waals surface area contributed by atoms with E-state index in [1.54, 1.807) is 0 Å². The van der Waals surface area contributed by atoms with Crippen LogP contribution in [0.4, 0.5) is 18.9 Å². The SMILES string of the molecule is O=C(NCc1ccccc1)c1cc(N2C[C@@H](C(F)(F)F)[C@H](C(=O)O)C2)ccn1. The normalized spacial score (nSPS) is 19.5. The molecule has 1 aromatic heterocycles. The fourth-order valence-electron chi connectivity index (χ4n) is 3.21. The number of hydrogen-bond acceptors (Lipinski definition) is 4. The van der Waals surface area contributed by atoms with Crippen LogP contribution in [0.5, 0.6) is 0 Å². The number of halogens is 3. The number of benzene rings is 1. The van der Waals surface area contributed by atoms with Crippen LogP contribution < -0.4 is 10.2 Å². The lowest BCUT2D eigenvalue weighted by atomic mass is 9.96. The number of pyridine rings is 1. The van der Waals surface area contributed by atoms with Crippen LogP contribution in [-0.4, -0.2) is 41.2 Å². The minimum Gasteiger partial charge on any atom is -0.481 e. The van der Waals surface area contributed by atoms with E-state index in [4.69, 9.17) is 5.11 Å². The van der Waals surface area contributed by atoms with Gasteiger partial charge in [0.2, 0.25) is 0 Å². The summed E-state index contributed by atoms with van der Waals surface area (Å²) in [5.41, 5.74) is 1.28. The van der Waals surface area contributed by atoms with Crippen LogP contribution >= 0.6 is 0 Å². The summed E-state index contributed by atoms with van der Waals surface area (Å²) in [6.45, 7) is -0.476. The van der Waals surface area contributed by atoms with Crippen molar-refractivity contribution in [1.82, 2.24) is 10.3 Å². The summed E-state index contributed by atoms with van der Waals surface area (Å²) >= 11 is 0. The first-order chi connectivity index (χ1) is 13.3. The summed E-state index contributed by atoms with van der Waals surface area (Å²) in [6, 6.07) is 12.1. The molecule has 0 aliphatic carbocycles. The Hall–Kier alpha value is -3.10. The van der Waals surface area contributed by atoms with Crippen molar-refractivity contribution in [3.8, 4) is 0 Å². The number of carboxylic acids is 1. The van der Waals surface area contributed by atoms with Crippen LogP contribution in [0.15, 0.2) is 48.7 Å². The Morgan fingerprint density at radius 1 is 1.18 bits per heavy atom. The lowest BCUT2D eigenvalue weighted by Gasteiger charge is -2.20. The van der Waals surface area contributed by atoms with Crippen molar-refractivity contribution in [2.45, 2.75) is 12.7 Å². The van der Waals surface area contributed by atoms with Gasteiger partial charge < -0.3 is 15.3 Å². The van der Waals surface area contributed by atoms with Crippen molar-refractivity contribution >= 4 is 17.6 Å². The Balaban J connectivity index is 1.72. The Morgan fingerprint density at radius 3 is 2.50 bits per heavy atom. The first-order valence-corrected chi connectivity index (χ1v) is 8.58. The van der Waals surface area contributed by atoms with Crippen molar-refractivity contribution in [2.75, 3.05) is 18.0 Å².